The first kappa shape index (κ1) is 16.4. The molecule has 3 amide bonds. The van der Waals surface area contributed by atoms with Crippen LogP contribution in [0.1, 0.15) is 34.6 Å². The second-order valence-corrected chi connectivity index (χ2v) is 6.50. The molecule has 114 valence electrons. The van der Waals surface area contributed by atoms with Crippen LogP contribution in [0.25, 0.3) is 0 Å². The average Bonchev–Trinajstić information content (AvgIpc) is 2.42. The number of rotatable bonds is 5. The molecule has 2 N–H and O–H groups in total. The minimum absolute atomic E-state index is 0.128. The van der Waals surface area contributed by atoms with Gasteiger partial charge in [0, 0.05) is 18.6 Å². The molecule has 20 heavy (non-hydrogen) atoms. The number of carboxylic acids is 1. The van der Waals surface area contributed by atoms with Crippen molar-refractivity contribution in [3.63, 3.8) is 0 Å². The highest BCUT2D eigenvalue weighted by atomic mass is 16.4. The summed E-state index contributed by atoms with van der Waals surface area (Å²) in [6.45, 7) is 9.35. The molecule has 1 rings (SSSR count). The summed E-state index contributed by atoms with van der Waals surface area (Å²) in [5.41, 5.74) is -1.25. The van der Waals surface area contributed by atoms with Crippen molar-refractivity contribution in [1.29, 1.82) is 0 Å². The zero-order chi connectivity index (χ0) is 15.7. The van der Waals surface area contributed by atoms with Gasteiger partial charge < -0.3 is 10.4 Å². The Morgan fingerprint density at radius 3 is 2.25 bits per heavy atom. The lowest BCUT2D eigenvalue weighted by molar-refractivity contribution is -0.139. The van der Waals surface area contributed by atoms with E-state index in [2.05, 4.69) is 5.32 Å². The van der Waals surface area contributed by atoms with Crippen LogP contribution in [-0.4, -0.2) is 63.5 Å². The van der Waals surface area contributed by atoms with Crippen LogP contribution >= 0.6 is 0 Å². The third kappa shape index (κ3) is 3.69. The number of imide groups is 1. The maximum atomic E-state index is 12.0. The van der Waals surface area contributed by atoms with Crippen molar-refractivity contribution in [3.05, 3.63) is 0 Å². The summed E-state index contributed by atoms with van der Waals surface area (Å²) in [6, 6.07) is -0.427. The molecular weight excluding hydrogens is 262 g/mol. The van der Waals surface area contributed by atoms with Gasteiger partial charge in [-0.3, -0.25) is 19.4 Å². The van der Waals surface area contributed by atoms with Crippen LogP contribution in [0.2, 0.25) is 0 Å². The van der Waals surface area contributed by atoms with Gasteiger partial charge in [0.25, 0.3) is 5.91 Å². The molecule has 0 spiro atoms. The highest BCUT2D eigenvalue weighted by Crippen LogP contribution is 2.18. The molecule has 1 fully saturated rings. The van der Waals surface area contributed by atoms with Gasteiger partial charge in [0.1, 0.15) is 5.54 Å². The summed E-state index contributed by atoms with van der Waals surface area (Å²) in [7, 11) is 0. The predicted molar refractivity (Wildman–Crippen MR) is 73.3 cm³/mol. The third-order valence-electron chi connectivity index (χ3n) is 3.31. The number of nitrogens with zero attached hydrogens (tertiary/aromatic N) is 2. The summed E-state index contributed by atoms with van der Waals surface area (Å²) < 4.78 is 0. The van der Waals surface area contributed by atoms with E-state index in [1.165, 1.54) is 0 Å². The van der Waals surface area contributed by atoms with E-state index in [4.69, 9.17) is 5.11 Å². The zero-order valence-corrected chi connectivity index (χ0v) is 12.7. The smallest absolute Gasteiger partial charge is 0.325 e. The summed E-state index contributed by atoms with van der Waals surface area (Å²) in [5.74, 6) is -1.22. The fourth-order valence-corrected chi connectivity index (χ4v) is 2.06. The molecule has 0 aliphatic carbocycles. The first-order chi connectivity index (χ1) is 8.95. The molecule has 0 aromatic carbocycles. The van der Waals surface area contributed by atoms with E-state index in [1.807, 2.05) is 20.8 Å². The standard InChI is InChI=1S/C13H23N3O4/c1-12(2,3)15(8-9(17)18)6-7-16-10(19)13(4,5)14-11(16)20/h6-8H2,1-5H3,(H,14,20)(H,17,18). The fraction of sp³-hybridized carbons (Fsp3) is 0.769. The van der Waals surface area contributed by atoms with Gasteiger partial charge in [0.2, 0.25) is 0 Å². The zero-order valence-electron chi connectivity index (χ0n) is 12.7. The SMILES string of the molecule is CC1(C)NC(=O)N(CCN(CC(=O)O)C(C)(C)C)C1=O. The van der Waals surface area contributed by atoms with Crippen LogP contribution in [0.3, 0.4) is 0 Å². The van der Waals surface area contributed by atoms with E-state index >= 15 is 0 Å². The highest BCUT2D eigenvalue weighted by molar-refractivity contribution is 6.06. The molecule has 0 saturated carbocycles. The van der Waals surface area contributed by atoms with E-state index in [0.29, 0.717) is 6.54 Å². The number of amides is 3. The number of hydrogen-bond acceptors (Lipinski definition) is 4. The Kier molecular flexibility index (Phi) is 4.43. The molecular formula is C13H23N3O4. The van der Waals surface area contributed by atoms with Gasteiger partial charge in [-0.05, 0) is 34.6 Å². The van der Waals surface area contributed by atoms with Crippen LogP contribution in [0, 0.1) is 0 Å². The number of carbonyl (C=O) groups excluding carboxylic acids is 2. The van der Waals surface area contributed by atoms with Gasteiger partial charge >= 0.3 is 12.0 Å². The van der Waals surface area contributed by atoms with Crippen molar-refractivity contribution >= 4 is 17.9 Å². The van der Waals surface area contributed by atoms with Crippen LogP contribution in [0.5, 0.6) is 0 Å². The molecule has 0 radical (unpaired) electrons. The van der Waals surface area contributed by atoms with Crippen molar-refractivity contribution in [2.75, 3.05) is 19.6 Å². The van der Waals surface area contributed by atoms with Crippen molar-refractivity contribution in [1.82, 2.24) is 15.1 Å². The second-order valence-electron chi connectivity index (χ2n) is 6.50. The third-order valence-corrected chi connectivity index (χ3v) is 3.31. The summed E-state index contributed by atoms with van der Waals surface area (Å²) >= 11 is 0. The van der Waals surface area contributed by atoms with E-state index in [9.17, 15) is 14.4 Å². The molecule has 0 bridgehead atoms. The molecule has 7 nitrogen and oxygen atoms in total. The quantitative estimate of drug-likeness (QED) is 0.718. The topological polar surface area (TPSA) is 90.0 Å². The van der Waals surface area contributed by atoms with Crippen molar-refractivity contribution in [2.45, 2.75) is 45.7 Å². The van der Waals surface area contributed by atoms with E-state index in [0.717, 1.165) is 4.90 Å². The van der Waals surface area contributed by atoms with Crippen LogP contribution in [0.4, 0.5) is 4.79 Å². The van der Waals surface area contributed by atoms with E-state index < -0.39 is 17.5 Å². The first-order valence-corrected chi connectivity index (χ1v) is 6.56. The normalized spacial score (nSPS) is 18.6. The Morgan fingerprint density at radius 1 is 1.35 bits per heavy atom. The minimum atomic E-state index is -0.933. The number of carbonyl (C=O) groups is 3. The maximum absolute atomic E-state index is 12.0. The predicted octanol–water partition coefficient (Wildman–Crippen LogP) is 0.502. The summed E-state index contributed by atoms with van der Waals surface area (Å²) in [6.07, 6.45) is 0. The van der Waals surface area contributed by atoms with Crippen molar-refractivity contribution in [3.8, 4) is 0 Å². The molecule has 0 unspecified atom stereocenters. The number of hydrogen-bond donors (Lipinski definition) is 2. The van der Waals surface area contributed by atoms with Crippen molar-refractivity contribution < 1.29 is 19.5 Å². The van der Waals surface area contributed by atoms with Crippen LogP contribution in [-0.2, 0) is 9.59 Å². The molecule has 1 aliphatic heterocycles. The van der Waals surface area contributed by atoms with E-state index in [-0.39, 0.29) is 24.5 Å². The summed E-state index contributed by atoms with van der Waals surface area (Å²) in [4.78, 5) is 37.5. The molecule has 0 aromatic rings. The molecule has 1 saturated heterocycles. The number of aliphatic carboxylic acids is 1. The second kappa shape index (κ2) is 5.40. The van der Waals surface area contributed by atoms with Gasteiger partial charge in [-0.25, -0.2) is 4.79 Å². The van der Waals surface area contributed by atoms with Gasteiger partial charge in [-0.15, -0.1) is 0 Å². The monoisotopic (exact) mass is 285 g/mol. The first-order valence-electron chi connectivity index (χ1n) is 6.56. The Hall–Kier alpha value is -1.63. The molecule has 7 heteroatoms. The van der Waals surface area contributed by atoms with Gasteiger partial charge in [-0.2, -0.15) is 0 Å². The molecule has 1 aliphatic rings. The minimum Gasteiger partial charge on any atom is -0.480 e. The van der Waals surface area contributed by atoms with Gasteiger partial charge in [0.05, 0.1) is 6.54 Å². The van der Waals surface area contributed by atoms with Crippen LogP contribution in [0.15, 0.2) is 0 Å². The molecule has 1 heterocycles. The Morgan fingerprint density at radius 2 is 1.90 bits per heavy atom. The average molecular weight is 285 g/mol. The Labute approximate surface area is 118 Å². The fourth-order valence-electron chi connectivity index (χ4n) is 2.06. The molecule has 0 atom stereocenters. The molecule has 0 aromatic heterocycles. The maximum Gasteiger partial charge on any atom is 0.325 e. The van der Waals surface area contributed by atoms with Gasteiger partial charge in [0.15, 0.2) is 0 Å². The van der Waals surface area contributed by atoms with E-state index in [1.54, 1.807) is 18.7 Å². The highest BCUT2D eigenvalue weighted by Gasteiger charge is 2.44. The Balaban J connectivity index is 2.71. The lowest BCUT2D eigenvalue weighted by Gasteiger charge is -2.35. The number of carboxylic acid groups (broad SMARTS) is 1. The largest absolute Gasteiger partial charge is 0.480 e. The van der Waals surface area contributed by atoms with Gasteiger partial charge in [-0.1, -0.05) is 0 Å². The summed E-state index contributed by atoms with van der Waals surface area (Å²) in [5, 5.41) is 11.5. The lowest BCUT2D eigenvalue weighted by atomic mass is 10.1. The number of urea groups is 1. The number of nitrogens with one attached hydrogen (secondary N) is 1. The Bertz CT molecular complexity index is 426. The lowest BCUT2D eigenvalue weighted by Crippen LogP contribution is -2.49. The van der Waals surface area contributed by atoms with Crippen molar-refractivity contribution in [2.24, 2.45) is 0 Å². The van der Waals surface area contributed by atoms with Crippen LogP contribution < -0.4 is 5.32 Å².